The largest absolute Gasteiger partial charge is 0.494 e. The van der Waals surface area contributed by atoms with Gasteiger partial charge in [-0.2, -0.15) is 0 Å². The lowest BCUT2D eigenvalue weighted by Gasteiger charge is -2.18. The van der Waals surface area contributed by atoms with Crippen LogP contribution >= 0.6 is 0 Å². The molecule has 1 aliphatic heterocycles. The Kier molecular flexibility index (Phi) is 5.65. The van der Waals surface area contributed by atoms with Crippen molar-refractivity contribution < 1.29 is 23.2 Å². The van der Waals surface area contributed by atoms with Gasteiger partial charge >= 0.3 is 0 Å². The van der Waals surface area contributed by atoms with E-state index >= 15 is 0 Å². The molecule has 1 aliphatic carbocycles. The molecule has 0 unspecified atom stereocenters. The third-order valence-electron chi connectivity index (χ3n) is 6.08. The average molecular weight is 506 g/mol. The molecule has 0 bridgehead atoms. The minimum atomic E-state index is -2.75. The summed E-state index contributed by atoms with van der Waals surface area (Å²) in [6.07, 6.45) is 5.34. The molecule has 3 aromatic rings. The molecule has 0 atom stereocenters. The van der Waals surface area contributed by atoms with Crippen molar-refractivity contribution in [2.24, 2.45) is 5.92 Å². The number of nitrogens with zero attached hydrogens (tertiary/aromatic N) is 5. The number of amides is 2. The van der Waals surface area contributed by atoms with Gasteiger partial charge in [0.2, 0.25) is 5.91 Å². The van der Waals surface area contributed by atoms with Crippen LogP contribution in [0.2, 0.25) is 0 Å². The quantitative estimate of drug-likeness (QED) is 0.415. The maximum absolute atomic E-state index is 12.7. The smallest absolute Gasteiger partial charge is 0.273 e. The molecular formula is C25H26N8O4. The highest BCUT2D eigenvalue weighted by Crippen LogP contribution is 2.37. The first-order chi connectivity index (χ1) is 19.1. The maximum Gasteiger partial charge on any atom is 0.273 e. The van der Waals surface area contributed by atoms with Gasteiger partial charge in [0.25, 0.3) is 5.91 Å². The number of rotatable bonds is 8. The van der Waals surface area contributed by atoms with Crippen molar-refractivity contribution in [1.82, 2.24) is 25.5 Å². The van der Waals surface area contributed by atoms with Gasteiger partial charge in [0.05, 0.1) is 48.7 Å². The third kappa shape index (κ3) is 5.17. The Labute approximate surface area is 217 Å². The van der Waals surface area contributed by atoms with Crippen molar-refractivity contribution in [1.29, 1.82) is 0 Å². The Hall–Kier alpha value is -4.61. The normalized spacial score (nSPS) is 16.4. The molecule has 1 saturated heterocycles. The maximum atomic E-state index is 12.7. The molecule has 190 valence electrons. The van der Waals surface area contributed by atoms with Crippen molar-refractivity contribution in [2.45, 2.75) is 19.3 Å². The molecule has 1 aromatic carbocycles. The molecule has 12 heteroatoms. The van der Waals surface area contributed by atoms with E-state index in [9.17, 15) is 14.4 Å². The molecule has 0 spiro atoms. The number of hydrogen-bond acceptors (Lipinski definition) is 10. The van der Waals surface area contributed by atoms with Gasteiger partial charge in [-0.05, 0) is 25.0 Å². The second-order valence-electron chi connectivity index (χ2n) is 8.70. The number of anilines is 4. The topological polar surface area (TPSA) is 151 Å². The van der Waals surface area contributed by atoms with Crippen molar-refractivity contribution in [2.75, 3.05) is 42.7 Å². The first-order valence-corrected chi connectivity index (χ1v) is 11.7. The zero-order chi connectivity index (χ0) is 28.4. The molecule has 2 amide bonds. The highest BCUT2D eigenvalue weighted by atomic mass is 16.5. The van der Waals surface area contributed by atoms with Crippen LogP contribution in [0.15, 0.2) is 36.7 Å². The van der Waals surface area contributed by atoms with E-state index in [0.29, 0.717) is 42.3 Å². The summed E-state index contributed by atoms with van der Waals surface area (Å²) in [6.45, 7) is -1.81. The highest BCUT2D eigenvalue weighted by Gasteiger charge is 2.30. The van der Waals surface area contributed by atoms with Crippen molar-refractivity contribution in [3.63, 3.8) is 0 Å². The van der Waals surface area contributed by atoms with Crippen molar-refractivity contribution in [3.8, 4) is 17.1 Å². The van der Waals surface area contributed by atoms with Gasteiger partial charge in [0.15, 0.2) is 28.9 Å². The lowest BCUT2D eigenvalue weighted by molar-refractivity contribution is -0.117. The molecule has 12 nitrogen and oxygen atoms in total. The van der Waals surface area contributed by atoms with Gasteiger partial charge in [0, 0.05) is 36.0 Å². The summed E-state index contributed by atoms with van der Waals surface area (Å²) in [5.74, 6) is -0.320. The number of carbonyl (C=O) groups is 3. The van der Waals surface area contributed by atoms with Crippen molar-refractivity contribution in [3.05, 3.63) is 42.4 Å². The fourth-order valence-corrected chi connectivity index (χ4v) is 4.00. The zero-order valence-corrected chi connectivity index (χ0v) is 19.9. The molecule has 37 heavy (non-hydrogen) atoms. The van der Waals surface area contributed by atoms with Crippen LogP contribution in [0.1, 0.15) is 33.9 Å². The first kappa shape index (κ1) is 20.6. The van der Waals surface area contributed by atoms with E-state index in [1.807, 2.05) is 10.2 Å². The van der Waals surface area contributed by atoms with Crippen LogP contribution in [0, 0.1) is 5.92 Å². The average Bonchev–Trinajstić information content (AvgIpc) is 3.68. The number of carbonyl (C=O) groups excluding carboxylic acids is 3. The molecule has 2 fully saturated rings. The number of para-hydroxylation sites is 1. The number of ether oxygens (including phenoxy) is 1. The van der Waals surface area contributed by atoms with E-state index in [1.54, 1.807) is 30.6 Å². The number of Topliss-reactive ketones (excluding diaryl/α,β-unsaturated/α-hetero) is 1. The van der Waals surface area contributed by atoms with Gasteiger partial charge in [-0.3, -0.25) is 14.4 Å². The van der Waals surface area contributed by atoms with Crippen LogP contribution in [0.25, 0.3) is 11.4 Å². The van der Waals surface area contributed by atoms with Gasteiger partial charge in [0.1, 0.15) is 0 Å². The second-order valence-corrected chi connectivity index (χ2v) is 8.70. The number of nitrogens with one attached hydrogen (secondary N) is 3. The van der Waals surface area contributed by atoms with Gasteiger partial charge < -0.3 is 25.6 Å². The Morgan fingerprint density at radius 3 is 2.65 bits per heavy atom. The van der Waals surface area contributed by atoms with E-state index in [1.165, 1.54) is 13.2 Å². The summed E-state index contributed by atoms with van der Waals surface area (Å²) < 4.78 is 27.8. The summed E-state index contributed by atoms with van der Waals surface area (Å²) >= 11 is 0. The van der Waals surface area contributed by atoms with E-state index in [0.717, 1.165) is 18.5 Å². The first-order valence-electron chi connectivity index (χ1n) is 13.2. The number of benzene rings is 1. The zero-order valence-electron chi connectivity index (χ0n) is 22.9. The molecule has 3 N–H and O–H groups in total. The molecule has 5 rings (SSSR count). The summed E-state index contributed by atoms with van der Waals surface area (Å²) in [7, 11) is 1.46. The van der Waals surface area contributed by atoms with Gasteiger partial charge in [-0.1, -0.05) is 6.07 Å². The molecule has 2 aliphatic rings. The van der Waals surface area contributed by atoms with E-state index in [-0.39, 0.29) is 34.8 Å². The molecule has 2 aromatic heterocycles. The number of methoxy groups -OCH3 is 1. The van der Waals surface area contributed by atoms with Gasteiger partial charge in [-0.15, -0.1) is 10.2 Å². The van der Waals surface area contributed by atoms with Crippen LogP contribution < -0.4 is 25.6 Å². The highest BCUT2D eigenvalue weighted by molar-refractivity contribution is 6.00. The monoisotopic (exact) mass is 505 g/mol. The van der Waals surface area contributed by atoms with Gasteiger partial charge in [-0.25, -0.2) is 9.97 Å². The van der Waals surface area contributed by atoms with E-state index < -0.39 is 12.9 Å². The second kappa shape index (κ2) is 10.2. The summed E-state index contributed by atoms with van der Waals surface area (Å²) in [6, 6.07) is 6.56. The number of ketones is 1. The summed E-state index contributed by atoms with van der Waals surface area (Å²) in [4.78, 5) is 47.5. The predicted molar refractivity (Wildman–Crippen MR) is 136 cm³/mol. The summed E-state index contributed by atoms with van der Waals surface area (Å²) in [5, 5.41) is 15.4. The Balaban J connectivity index is 1.46. The SMILES string of the molecule is [2H]C([2H])([2H])NC(=O)c1nnc(NC(=O)C2CC2)cc1Nc1cccc(-c2ncc(N3CCC(=O)C3)cn2)c1OC. The molecule has 1 saturated carbocycles. The van der Waals surface area contributed by atoms with E-state index in [4.69, 9.17) is 8.85 Å². The number of hydrogen-bond donors (Lipinski definition) is 3. The molecule has 3 heterocycles. The van der Waals surface area contributed by atoms with Crippen LogP contribution in [-0.4, -0.2) is 64.9 Å². The third-order valence-corrected chi connectivity index (χ3v) is 6.08. The molecule has 0 radical (unpaired) electrons. The Morgan fingerprint density at radius 2 is 1.97 bits per heavy atom. The van der Waals surface area contributed by atoms with Crippen molar-refractivity contribution >= 4 is 40.5 Å². The number of aromatic nitrogens is 4. The fourth-order valence-electron chi connectivity index (χ4n) is 4.00. The standard InChI is InChI=1S/C25H26N8O4/c1-26-25(36)21-19(10-20(31-32-21)30-24(35)14-6-7-14)29-18-5-3-4-17(22(18)37-2)23-27-11-15(12-28-23)33-9-8-16(34)13-33/h3-5,10-12,14H,6-9,13H2,1-2H3,(H,26,36)(H2,29,30,31,35)/i1D3. The summed E-state index contributed by atoms with van der Waals surface area (Å²) in [5.41, 5.74) is 1.46. The minimum Gasteiger partial charge on any atom is -0.494 e. The van der Waals surface area contributed by atoms with E-state index in [2.05, 4.69) is 30.8 Å². The minimum absolute atomic E-state index is 0.0910. The predicted octanol–water partition coefficient (Wildman–Crippen LogP) is 2.17. The lowest BCUT2D eigenvalue weighted by atomic mass is 10.1. The van der Waals surface area contributed by atoms with Crippen LogP contribution in [0.3, 0.4) is 0 Å². The van der Waals surface area contributed by atoms with Crippen LogP contribution in [0.5, 0.6) is 5.75 Å². The molecular weight excluding hydrogens is 476 g/mol. The Morgan fingerprint density at radius 1 is 1.16 bits per heavy atom. The Bertz CT molecular complexity index is 1460. The fraction of sp³-hybridized carbons (Fsp3) is 0.320. The van der Waals surface area contributed by atoms with Crippen LogP contribution in [-0.2, 0) is 9.59 Å². The van der Waals surface area contributed by atoms with Crippen LogP contribution in [0.4, 0.5) is 22.9 Å². The lowest BCUT2D eigenvalue weighted by Crippen LogP contribution is -2.22.